The van der Waals surface area contributed by atoms with Crippen LogP contribution in [0.5, 0.6) is 11.5 Å². The van der Waals surface area contributed by atoms with Crippen molar-refractivity contribution in [2.24, 2.45) is 0 Å². The first-order valence-corrected chi connectivity index (χ1v) is 17.4. The van der Waals surface area contributed by atoms with Crippen molar-refractivity contribution in [3.05, 3.63) is 140 Å². The molecule has 0 aromatic heterocycles. The molecule has 3 unspecified atom stereocenters. The van der Waals surface area contributed by atoms with Gasteiger partial charge in [0.05, 0.1) is 41.1 Å². The number of halogens is 1. The minimum Gasteiger partial charge on any atom is -0.497 e. The molecular formula is C37H37ClO4S2. The molecule has 0 heterocycles. The van der Waals surface area contributed by atoms with E-state index < -0.39 is 26.8 Å². The van der Waals surface area contributed by atoms with E-state index in [0.29, 0.717) is 4.90 Å². The fourth-order valence-electron chi connectivity index (χ4n) is 5.24. The summed E-state index contributed by atoms with van der Waals surface area (Å²) in [6.07, 6.45) is 3.15. The monoisotopic (exact) mass is 644 g/mol. The number of methoxy groups -OCH3 is 2. The van der Waals surface area contributed by atoms with Crippen LogP contribution in [0.3, 0.4) is 0 Å². The quantitative estimate of drug-likeness (QED) is 0.155. The van der Waals surface area contributed by atoms with Gasteiger partial charge in [0, 0.05) is 15.4 Å². The standard InChI is InChI=1S/C37H37ClO4S2/c1-25-5-21-32(22-6-25)43(39)36-34(35(36)37(38)44(40)33-23-7-26(2)8-24-33)29(15-9-27-11-17-30(41-3)18-12-27)16-10-28-13-19-31(42-4)20-14-28/h5-8,11-14,17-24,36H,9-10,15-16H2,1-4H3/b37-35+. The molecule has 0 N–H and O–H groups in total. The zero-order valence-corrected chi connectivity index (χ0v) is 27.9. The number of hydrogen-bond acceptors (Lipinski definition) is 4. The molecule has 1 saturated carbocycles. The highest BCUT2D eigenvalue weighted by atomic mass is 35.5. The van der Waals surface area contributed by atoms with Gasteiger partial charge in [-0.1, -0.05) is 76.8 Å². The molecule has 1 aliphatic rings. The molecule has 4 aromatic rings. The Morgan fingerprint density at radius 3 is 1.50 bits per heavy atom. The van der Waals surface area contributed by atoms with E-state index in [4.69, 9.17) is 21.1 Å². The summed E-state index contributed by atoms with van der Waals surface area (Å²) in [7, 11) is 0.366. The fraction of sp³-hybridized carbons (Fsp3) is 0.243. The minimum atomic E-state index is -1.58. The Morgan fingerprint density at radius 2 is 1.07 bits per heavy atom. The van der Waals surface area contributed by atoms with Crippen molar-refractivity contribution in [1.82, 2.24) is 0 Å². The Labute approximate surface area is 270 Å². The predicted octanol–water partition coefficient (Wildman–Crippen LogP) is 8.63. The average Bonchev–Trinajstić information content (AvgIpc) is 3.80. The molecule has 228 valence electrons. The molecule has 4 nitrogen and oxygen atoms in total. The van der Waals surface area contributed by atoms with Gasteiger partial charge in [0.15, 0.2) is 0 Å². The van der Waals surface area contributed by atoms with Gasteiger partial charge in [-0.05, 0) is 105 Å². The molecule has 0 bridgehead atoms. The molecule has 1 aliphatic carbocycles. The van der Waals surface area contributed by atoms with Gasteiger partial charge in [-0.25, -0.2) is 4.21 Å². The minimum absolute atomic E-state index is 0.265. The molecule has 0 spiro atoms. The molecule has 7 heteroatoms. The highest BCUT2D eigenvalue weighted by molar-refractivity contribution is 7.91. The van der Waals surface area contributed by atoms with E-state index in [1.165, 1.54) is 16.7 Å². The van der Waals surface area contributed by atoms with Gasteiger partial charge in [0.2, 0.25) is 0 Å². The molecule has 4 aromatic carbocycles. The third kappa shape index (κ3) is 7.60. The Balaban J connectivity index is 1.54. The van der Waals surface area contributed by atoms with Crippen molar-refractivity contribution in [3.8, 4) is 11.5 Å². The van der Waals surface area contributed by atoms with Crippen LogP contribution < -0.4 is 9.47 Å². The summed E-state index contributed by atoms with van der Waals surface area (Å²) in [6.45, 7) is 4.01. The summed E-state index contributed by atoms with van der Waals surface area (Å²) >= 11 is 6.98. The Morgan fingerprint density at radius 1 is 0.636 bits per heavy atom. The average molecular weight is 645 g/mol. The molecule has 0 aliphatic heterocycles. The van der Waals surface area contributed by atoms with E-state index in [9.17, 15) is 8.42 Å². The second kappa shape index (κ2) is 14.6. The maximum absolute atomic E-state index is 14.1. The van der Waals surface area contributed by atoms with Gasteiger partial charge in [0.25, 0.3) is 0 Å². The molecule has 0 saturated heterocycles. The lowest BCUT2D eigenvalue weighted by molar-refractivity contribution is 0.414. The number of ether oxygens (including phenoxy) is 2. The molecule has 0 radical (unpaired) electrons. The van der Waals surface area contributed by atoms with Crippen molar-refractivity contribution in [2.75, 3.05) is 14.2 Å². The normalized spacial score (nSPS) is 16.7. The Bertz CT molecular complexity index is 1650. The van der Waals surface area contributed by atoms with Gasteiger partial charge in [-0.2, -0.15) is 0 Å². The maximum Gasteiger partial charge on any atom is 0.118 e. The zero-order valence-electron chi connectivity index (χ0n) is 25.5. The number of rotatable bonds is 12. The second-order valence-electron chi connectivity index (χ2n) is 11.0. The van der Waals surface area contributed by atoms with Gasteiger partial charge in [-0.3, -0.25) is 4.21 Å². The highest BCUT2D eigenvalue weighted by Gasteiger charge is 2.48. The SMILES string of the molecule is COc1ccc(CCC(CCc2ccc(OC)cc2)=C2/C(=C(/Cl)S(=O)c3ccc(C)cc3)C2S(=O)c2ccc(C)cc2)cc1. The van der Waals surface area contributed by atoms with Crippen molar-refractivity contribution in [3.63, 3.8) is 0 Å². The van der Waals surface area contributed by atoms with Gasteiger partial charge >= 0.3 is 0 Å². The largest absolute Gasteiger partial charge is 0.497 e. The Kier molecular flexibility index (Phi) is 10.6. The lowest BCUT2D eigenvalue weighted by Crippen LogP contribution is -2.01. The maximum atomic E-state index is 14.1. The lowest BCUT2D eigenvalue weighted by Gasteiger charge is -2.10. The predicted molar refractivity (Wildman–Crippen MR) is 181 cm³/mol. The third-order valence-corrected chi connectivity index (χ3v) is 11.4. The van der Waals surface area contributed by atoms with E-state index in [1.54, 1.807) is 14.2 Å². The third-order valence-electron chi connectivity index (χ3n) is 7.94. The van der Waals surface area contributed by atoms with Crippen LogP contribution in [0.1, 0.15) is 35.1 Å². The van der Waals surface area contributed by atoms with Crippen LogP contribution in [0.15, 0.2) is 128 Å². The molecule has 44 heavy (non-hydrogen) atoms. The van der Waals surface area contributed by atoms with Crippen LogP contribution in [-0.2, 0) is 34.4 Å². The molecule has 3 atom stereocenters. The Hall–Kier alpha value is -3.45. The van der Waals surface area contributed by atoms with E-state index in [-0.39, 0.29) is 4.36 Å². The van der Waals surface area contributed by atoms with Crippen molar-refractivity contribution in [1.29, 1.82) is 0 Å². The zero-order chi connectivity index (χ0) is 31.2. The molecule has 1 fully saturated rings. The van der Waals surface area contributed by atoms with E-state index in [0.717, 1.165) is 64.4 Å². The summed E-state index contributed by atoms with van der Waals surface area (Å²) in [5.74, 6) is 1.64. The van der Waals surface area contributed by atoms with Crippen molar-refractivity contribution in [2.45, 2.75) is 54.6 Å². The summed E-state index contributed by atoms with van der Waals surface area (Å²) in [4.78, 5) is 1.38. The molecule has 5 rings (SSSR count). The lowest BCUT2D eigenvalue weighted by atomic mass is 9.97. The van der Waals surface area contributed by atoms with Crippen molar-refractivity contribution >= 4 is 33.2 Å². The van der Waals surface area contributed by atoms with E-state index in [2.05, 4.69) is 24.3 Å². The van der Waals surface area contributed by atoms with E-state index >= 15 is 0 Å². The summed E-state index contributed by atoms with van der Waals surface area (Å²) in [5, 5.41) is -0.402. The summed E-state index contributed by atoms with van der Waals surface area (Å²) < 4.78 is 38.8. The van der Waals surface area contributed by atoms with Crippen molar-refractivity contribution < 1.29 is 17.9 Å². The summed E-state index contributed by atoms with van der Waals surface area (Å²) in [6, 6.07) is 31.5. The first-order chi connectivity index (χ1) is 21.3. The smallest absolute Gasteiger partial charge is 0.118 e. The first-order valence-electron chi connectivity index (χ1n) is 14.6. The number of aryl methyl sites for hydroxylation is 4. The van der Waals surface area contributed by atoms with Crippen LogP contribution in [0.2, 0.25) is 0 Å². The number of benzene rings is 4. The number of allylic oxidation sites excluding steroid dienone is 1. The van der Waals surface area contributed by atoms with Gasteiger partial charge in [-0.15, -0.1) is 0 Å². The second-order valence-corrected chi connectivity index (χ2v) is 14.5. The molecular weight excluding hydrogens is 608 g/mol. The number of hydrogen-bond donors (Lipinski definition) is 0. The molecule has 0 amide bonds. The van der Waals surface area contributed by atoms with Crippen LogP contribution in [0.4, 0.5) is 0 Å². The van der Waals surface area contributed by atoms with Gasteiger partial charge < -0.3 is 9.47 Å². The summed E-state index contributed by atoms with van der Waals surface area (Å²) in [5.41, 5.74) is 7.48. The topological polar surface area (TPSA) is 52.6 Å². The fourth-order valence-corrected chi connectivity index (χ4v) is 8.45. The van der Waals surface area contributed by atoms with Crippen LogP contribution in [0.25, 0.3) is 0 Å². The van der Waals surface area contributed by atoms with Crippen LogP contribution in [-0.4, -0.2) is 27.9 Å². The first kappa shape index (κ1) is 32.0. The van der Waals surface area contributed by atoms with E-state index in [1.807, 2.05) is 86.6 Å². The van der Waals surface area contributed by atoms with Gasteiger partial charge in [0.1, 0.15) is 15.9 Å². The van der Waals surface area contributed by atoms with Crippen LogP contribution in [0, 0.1) is 13.8 Å². The highest BCUT2D eigenvalue weighted by Crippen LogP contribution is 2.51. The van der Waals surface area contributed by atoms with Crippen LogP contribution >= 0.6 is 11.6 Å².